The van der Waals surface area contributed by atoms with Crippen LogP contribution in [0.15, 0.2) is 41.3 Å². The molecule has 1 heterocycles. The van der Waals surface area contributed by atoms with E-state index in [-0.39, 0.29) is 21.4 Å². The number of hydrogen-bond acceptors (Lipinski definition) is 5. The number of phenols is 1. The quantitative estimate of drug-likeness (QED) is 0.690. The van der Waals surface area contributed by atoms with Crippen LogP contribution in [0.25, 0.3) is 6.08 Å². The molecule has 0 radical (unpaired) electrons. The van der Waals surface area contributed by atoms with Gasteiger partial charge in [-0.2, -0.15) is 0 Å². The summed E-state index contributed by atoms with van der Waals surface area (Å²) in [7, 11) is 0. The largest absolute Gasteiger partial charge is 0.503 e. The number of amides is 2. The van der Waals surface area contributed by atoms with E-state index in [1.54, 1.807) is 37.3 Å². The molecule has 2 amide bonds. The summed E-state index contributed by atoms with van der Waals surface area (Å²) in [6.45, 7) is 2.12. The molecule has 0 saturated carbocycles. The molecule has 0 aliphatic carbocycles. The van der Waals surface area contributed by atoms with E-state index in [2.05, 4.69) is 0 Å². The van der Waals surface area contributed by atoms with E-state index in [0.717, 1.165) is 16.7 Å². The van der Waals surface area contributed by atoms with Crippen molar-refractivity contribution in [2.24, 2.45) is 0 Å². The van der Waals surface area contributed by atoms with Crippen molar-refractivity contribution < 1.29 is 19.4 Å². The molecule has 5 nitrogen and oxygen atoms in total. The zero-order chi connectivity index (χ0) is 18.8. The van der Waals surface area contributed by atoms with Crippen LogP contribution in [0.5, 0.6) is 11.5 Å². The molecule has 0 unspecified atom stereocenters. The number of aromatic hydroxyl groups is 1. The van der Waals surface area contributed by atoms with Crippen LogP contribution in [-0.2, 0) is 4.79 Å². The van der Waals surface area contributed by atoms with Crippen LogP contribution in [-0.4, -0.2) is 22.9 Å². The molecule has 0 aromatic heterocycles. The van der Waals surface area contributed by atoms with Gasteiger partial charge in [-0.25, -0.2) is 4.90 Å². The molecule has 2 aromatic rings. The zero-order valence-electron chi connectivity index (χ0n) is 13.5. The Kier molecular flexibility index (Phi) is 5.46. The lowest BCUT2D eigenvalue weighted by molar-refractivity contribution is -0.113. The van der Waals surface area contributed by atoms with Gasteiger partial charge in [0.05, 0.1) is 22.2 Å². The number of anilines is 1. The summed E-state index contributed by atoms with van der Waals surface area (Å²) in [6.07, 6.45) is 1.54. The predicted molar refractivity (Wildman–Crippen MR) is 104 cm³/mol. The van der Waals surface area contributed by atoms with Crippen molar-refractivity contribution in [1.82, 2.24) is 0 Å². The first-order chi connectivity index (χ1) is 12.4. The van der Waals surface area contributed by atoms with Crippen molar-refractivity contribution in [3.63, 3.8) is 0 Å². The van der Waals surface area contributed by atoms with Crippen molar-refractivity contribution in [3.05, 3.63) is 56.9 Å². The van der Waals surface area contributed by atoms with Gasteiger partial charge in [0.15, 0.2) is 11.5 Å². The van der Waals surface area contributed by atoms with E-state index >= 15 is 0 Å². The molecule has 2 aromatic carbocycles. The summed E-state index contributed by atoms with van der Waals surface area (Å²) < 4.78 is 5.33. The number of phenolic OH excluding ortho intramolecular Hbond substituents is 1. The molecule has 0 atom stereocenters. The third-order valence-corrected chi connectivity index (χ3v) is 4.94. The number of rotatable bonds is 4. The van der Waals surface area contributed by atoms with Crippen LogP contribution in [0.2, 0.25) is 10.0 Å². The van der Waals surface area contributed by atoms with Gasteiger partial charge in [-0.15, -0.1) is 0 Å². The Morgan fingerprint density at radius 2 is 1.88 bits per heavy atom. The third kappa shape index (κ3) is 3.67. The Morgan fingerprint density at radius 3 is 2.54 bits per heavy atom. The number of imide groups is 1. The standard InChI is InChI=1S/C18H13Cl2NO4S/c1-2-25-14-8-10(7-13(20)16(14)22)9-15-17(23)21(18(24)26-15)12-5-3-11(19)4-6-12/h3-9,22H,2H2,1H3/b15-9-. The summed E-state index contributed by atoms with van der Waals surface area (Å²) in [4.78, 5) is 26.2. The van der Waals surface area contributed by atoms with Crippen LogP contribution < -0.4 is 9.64 Å². The minimum absolute atomic E-state index is 0.0964. The lowest BCUT2D eigenvalue weighted by Gasteiger charge is -2.12. The Balaban J connectivity index is 1.94. The highest BCUT2D eigenvalue weighted by Gasteiger charge is 2.36. The highest BCUT2D eigenvalue weighted by Crippen LogP contribution is 2.39. The van der Waals surface area contributed by atoms with Gasteiger partial charge in [-0.1, -0.05) is 23.2 Å². The van der Waals surface area contributed by atoms with Crippen LogP contribution in [0.3, 0.4) is 0 Å². The number of hydrogen-bond donors (Lipinski definition) is 1. The van der Waals surface area contributed by atoms with Gasteiger partial charge in [0.2, 0.25) is 0 Å². The number of carbonyl (C=O) groups is 2. The average Bonchev–Trinajstić information content (AvgIpc) is 2.87. The lowest BCUT2D eigenvalue weighted by atomic mass is 10.1. The molecule has 1 saturated heterocycles. The van der Waals surface area contributed by atoms with Crippen LogP contribution in [0.4, 0.5) is 10.5 Å². The van der Waals surface area contributed by atoms with E-state index in [1.165, 1.54) is 12.1 Å². The zero-order valence-corrected chi connectivity index (χ0v) is 15.9. The summed E-state index contributed by atoms with van der Waals surface area (Å²) in [5.74, 6) is -0.396. The number of halogens is 2. The fraction of sp³-hybridized carbons (Fsp3) is 0.111. The minimum atomic E-state index is -0.440. The van der Waals surface area contributed by atoms with Gasteiger partial charge in [-0.3, -0.25) is 9.59 Å². The Bertz CT molecular complexity index is 912. The molecule has 1 N–H and O–H groups in total. The van der Waals surface area contributed by atoms with Crippen LogP contribution >= 0.6 is 35.0 Å². The second-order valence-corrected chi connectivity index (χ2v) is 7.11. The maximum atomic E-state index is 12.6. The van der Waals surface area contributed by atoms with E-state index < -0.39 is 11.1 Å². The van der Waals surface area contributed by atoms with Gasteiger partial charge in [-0.05, 0) is 66.7 Å². The number of thioether (sulfide) groups is 1. The monoisotopic (exact) mass is 409 g/mol. The van der Waals surface area contributed by atoms with Gasteiger partial charge >= 0.3 is 0 Å². The first-order valence-electron chi connectivity index (χ1n) is 7.59. The maximum Gasteiger partial charge on any atom is 0.298 e. The van der Waals surface area contributed by atoms with Crippen molar-refractivity contribution in [2.45, 2.75) is 6.92 Å². The van der Waals surface area contributed by atoms with Gasteiger partial charge in [0, 0.05) is 5.02 Å². The number of ether oxygens (including phenoxy) is 1. The second kappa shape index (κ2) is 7.61. The number of nitrogens with zero attached hydrogens (tertiary/aromatic N) is 1. The molecule has 1 fully saturated rings. The normalized spacial score (nSPS) is 15.8. The van der Waals surface area contributed by atoms with E-state index in [1.807, 2.05) is 0 Å². The lowest BCUT2D eigenvalue weighted by Crippen LogP contribution is -2.27. The minimum Gasteiger partial charge on any atom is -0.503 e. The number of carbonyl (C=O) groups excluding carboxylic acids is 2. The van der Waals surface area contributed by atoms with E-state index in [4.69, 9.17) is 27.9 Å². The van der Waals surface area contributed by atoms with Crippen molar-refractivity contribution in [2.75, 3.05) is 11.5 Å². The first-order valence-corrected chi connectivity index (χ1v) is 9.16. The summed E-state index contributed by atoms with van der Waals surface area (Å²) in [5.41, 5.74) is 0.983. The van der Waals surface area contributed by atoms with Gasteiger partial charge in [0.1, 0.15) is 0 Å². The molecular weight excluding hydrogens is 397 g/mol. The maximum absolute atomic E-state index is 12.6. The summed E-state index contributed by atoms with van der Waals surface area (Å²) >= 11 is 12.7. The molecule has 26 heavy (non-hydrogen) atoms. The molecule has 1 aliphatic heterocycles. The molecule has 134 valence electrons. The first kappa shape index (κ1) is 18.6. The molecule has 1 aliphatic rings. The van der Waals surface area contributed by atoms with E-state index in [9.17, 15) is 14.7 Å². The summed E-state index contributed by atoms with van der Waals surface area (Å²) in [5, 5.41) is 10.1. The molecule has 8 heteroatoms. The third-order valence-electron chi connectivity index (χ3n) is 3.53. The topological polar surface area (TPSA) is 66.8 Å². The molecule has 0 bridgehead atoms. The fourth-order valence-electron chi connectivity index (χ4n) is 2.37. The van der Waals surface area contributed by atoms with E-state index in [0.29, 0.717) is 22.9 Å². The van der Waals surface area contributed by atoms with Gasteiger partial charge < -0.3 is 9.84 Å². The van der Waals surface area contributed by atoms with Gasteiger partial charge in [0.25, 0.3) is 11.1 Å². The Labute approximate surface area is 164 Å². The molecule has 0 spiro atoms. The Hall–Kier alpha value is -2.15. The fourth-order valence-corrected chi connectivity index (χ4v) is 3.56. The van der Waals surface area contributed by atoms with Crippen molar-refractivity contribution in [1.29, 1.82) is 0 Å². The molecular formula is C18H13Cl2NO4S. The SMILES string of the molecule is CCOc1cc(/C=C2\SC(=O)N(c3ccc(Cl)cc3)C2=O)cc(Cl)c1O. The predicted octanol–water partition coefficient (Wildman–Crippen LogP) is 5.34. The highest BCUT2D eigenvalue weighted by atomic mass is 35.5. The van der Waals surface area contributed by atoms with Crippen LogP contribution in [0.1, 0.15) is 12.5 Å². The molecule has 3 rings (SSSR count). The average molecular weight is 410 g/mol. The highest BCUT2D eigenvalue weighted by molar-refractivity contribution is 8.19. The van der Waals surface area contributed by atoms with Crippen molar-refractivity contribution >= 4 is 57.9 Å². The smallest absolute Gasteiger partial charge is 0.298 e. The van der Waals surface area contributed by atoms with Crippen molar-refractivity contribution in [3.8, 4) is 11.5 Å². The Morgan fingerprint density at radius 1 is 1.19 bits per heavy atom. The summed E-state index contributed by atoms with van der Waals surface area (Å²) in [6, 6.07) is 9.48. The van der Waals surface area contributed by atoms with Crippen LogP contribution in [0, 0.1) is 0 Å². The second-order valence-electron chi connectivity index (χ2n) is 5.28. The number of benzene rings is 2.